The topological polar surface area (TPSA) is 105 Å². The number of benzene rings is 2. The SMILES string of the molecule is CC.CC(C)NC=O.Cc1onc(NS(=O)c2ccccc2-c2ccc(N(C(=O)C3CCCC3)C(C)C(C)C)cc2)c1Cl. The molecule has 2 atom stereocenters. The van der Waals surface area contributed by atoms with Crippen molar-refractivity contribution in [1.29, 1.82) is 0 Å². The molecule has 0 saturated heterocycles. The van der Waals surface area contributed by atoms with Crippen LogP contribution in [-0.2, 0) is 20.6 Å². The number of amides is 2. The van der Waals surface area contributed by atoms with Crippen molar-refractivity contribution in [3.63, 3.8) is 0 Å². The van der Waals surface area contributed by atoms with E-state index in [4.69, 9.17) is 16.1 Å². The lowest BCUT2D eigenvalue weighted by atomic mass is 9.98. The van der Waals surface area contributed by atoms with Crippen LogP contribution in [0.4, 0.5) is 11.5 Å². The summed E-state index contributed by atoms with van der Waals surface area (Å²) >= 11 is 6.18. The van der Waals surface area contributed by atoms with E-state index in [1.165, 1.54) is 0 Å². The predicted octanol–water partition coefficient (Wildman–Crippen LogP) is 8.17. The first kappa shape index (κ1) is 36.0. The molecule has 10 heteroatoms. The Bertz CT molecular complexity index is 1320. The molecule has 1 aliphatic rings. The Kier molecular flexibility index (Phi) is 14.9. The normalized spacial score (nSPS) is 14.2. The minimum atomic E-state index is -1.60. The number of nitrogens with one attached hydrogen (secondary N) is 2. The Morgan fingerprint density at radius 1 is 1.05 bits per heavy atom. The highest BCUT2D eigenvalue weighted by Gasteiger charge is 2.32. The fourth-order valence-corrected chi connectivity index (χ4v) is 5.79. The van der Waals surface area contributed by atoms with Gasteiger partial charge in [-0.05, 0) is 75.8 Å². The van der Waals surface area contributed by atoms with Gasteiger partial charge < -0.3 is 14.7 Å². The van der Waals surface area contributed by atoms with Gasteiger partial charge in [-0.3, -0.25) is 14.3 Å². The average molecular weight is 631 g/mol. The Hall–Kier alpha value is -3.17. The van der Waals surface area contributed by atoms with Crippen LogP contribution in [0.3, 0.4) is 0 Å². The van der Waals surface area contributed by atoms with E-state index in [1.54, 1.807) is 6.92 Å². The van der Waals surface area contributed by atoms with Crippen LogP contribution >= 0.6 is 11.6 Å². The molecule has 1 heterocycles. The zero-order valence-electron chi connectivity index (χ0n) is 26.6. The summed E-state index contributed by atoms with van der Waals surface area (Å²) < 4.78 is 21.1. The molecule has 2 aromatic carbocycles. The predicted molar refractivity (Wildman–Crippen MR) is 178 cm³/mol. The second kappa shape index (κ2) is 17.8. The Balaban J connectivity index is 0.000000720. The number of halogens is 1. The number of hydrogen-bond acceptors (Lipinski definition) is 5. The number of carbonyl (C=O) groups is 2. The van der Waals surface area contributed by atoms with Gasteiger partial charge >= 0.3 is 0 Å². The molecule has 1 aliphatic carbocycles. The first-order valence-corrected chi connectivity index (χ1v) is 16.6. The van der Waals surface area contributed by atoms with Crippen LogP contribution in [0.1, 0.15) is 79.9 Å². The van der Waals surface area contributed by atoms with E-state index < -0.39 is 11.0 Å². The van der Waals surface area contributed by atoms with Crippen molar-refractivity contribution in [3.8, 4) is 11.1 Å². The number of aromatic nitrogens is 1. The van der Waals surface area contributed by atoms with Crippen molar-refractivity contribution < 1.29 is 18.3 Å². The van der Waals surface area contributed by atoms with Crippen LogP contribution in [0, 0.1) is 18.8 Å². The number of carbonyl (C=O) groups excluding carboxylic acids is 2. The summed E-state index contributed by atoms with van der Waals surface area (Å²) in [7, 11) is -1.60. The molecule has 1 fully saturated rings. The molecule has 2 N–H and O–H groups in total. The first-order valence-electron chi connectivity index (χ1n) is 15.1. The highest BCUT2D eigenvalue weighted by Crippen LogP contribution is 2.34. The summed E-state index contributed by atoms with van der Waals surface area (Å²) in [6.07, 6.45) is 4.89. The van der Waals surface area contributed by atoms with E-state index in [0.717, 1.165) is 42.5 Å². The van der Waals surface area contributed by atoms with Crippen molar-refractivity contribution in [2.24, 2.45) is 11.8 Å². The number of aryl methyl sites for hydroxylation is 1. The standard InChI is InChI=1S/C27H32ClN3O3S.C4H9NO.C2H6/c1-17(2)18(3)31(27(32)21-9-5-6-10-21)22-15-13-20(14-16-22)23-11-7-8-12-24(23)35(33)30-26-25(28)19(4)34-29-26;1-4(2)5-3-6;1-2/h7-8,11-18,21H,5-6,9-10H2,1-4H3,(H,29,30);3-4H,1-2H3,(H,5,6);1-2H3. The van der Waals surface area contributed by atoms with Gasteiger partial charge in [0.25, 0.3) is 0 Å². The molecule has 4 rings (SSSR count). The lowest BCUT2D eigenvalue weighted by Crippen LogP contribution is -2.44. The van der Waals surface area contributed by atoms with Gasteiger partial charge in [-0.2, -0.15) is 0 Å². The largest absolute Gasteiger partial charge is 0.358 e. The fraction of sp³-hybridized carbons (Fsp3) is 0.485. The van der Waals surface area contributed by atoms with Gasteiger partial charge in [0, 0.05) is 23.7 Å². The summed E-state index contributed by atoms with van der Waals surface area (Å²) in [6.45, 7) is 15.9. The van der Waals surface area contributed by atoms with E-state index in [2.05, 4.69) is 36.0 Å². The highest BCUT2D eigenvalue weighted by molar-refractivity contribution is 7.86. The van der Waals surface area contributed by atoms with Crippen molar-refractivity contribution in [2.75, 3.05) is 9.62 Å². The van der Waals surface area contributed by atoms with Gasteiger partial charge in [-0.25, -0.2) is 4.21 Å². The molecule has 0 aliphatic heterocycles. The van der Waals surface area contributed by atoms with Gasteiger partial charge in [0.15, 0.2) is 16.7 Å². The summed E-state index contributed by atoms with van der Waals surface area (Å²) in [5.74, 6) is 1.37. The van der Waals surface area contributed by atoms with Crippen molar-refractivity contribution in [1.82, 2.24) is 10.5 Å². The second-order valence-electron chi connectivity index (χ2n) is 10.9. The van der Waals surface area contributed by atoms with Crippen molar-refractivity contribution in [2.45, 2.75) is 98.1 Å². The third kappa shape index (κ3) is 9.93. The quantitative estimate of drug-likeness (QED) is 0.220. The molecular formula is C33H47ClN4O4S. The summed E-state index contributed by atoms with van der Waals surface area (Å²) in [4.78, 5) is 25.5. The molecule has 0 spiro atoms. The maximum Gasteiger partial charge on any atom is 0.230 e. The molecule has 1 aromatic heterocycles. The lowest BCUT2D eigenvalue weighted by Gasteiger charge is -2.34. The summed E-state index contributed by atoms with van der Waals surface area (Å²) in [5.41, 5.74) is 2.63. The maximum absolute atomic E-state index is 13.4. The first-order chi connectivity index (χ1) is 20.5. The molecule has 43 heavy (non-hydrogen) atoms. The van der Waals surface area contributed by atoms with Crippen molar-refractivity contribution >= 4 is 46.4 Å². The fourth-order valence-electron chi connectivity index (χ4n) is 4.60. The van der Waals surface area contributed by atoms with Crippen LogP contribution in [0.15, 0.2) is 57.9 Å². The lowest BCUT2D eigenvalue weighted by molar-refractivity contribution is -0.122. The molecule has 2 amide bonds. The zero-order chi connectivity index (χ0) is 32.1. The summed E-state index contributed by atoms with van der Waals surface area (Å²) in [5, 5.41) is 6.68. The van der Waals surface area contributed by atoms with E-state index in [-0.39, 0.29) is 29.7 Å². The monoisotopic (exact) mass is 630 g/mol. The van der Waals surface area contributed by atoms with Crippen molar-refractivity contribution in [3.05, 3.63) is 59.3 Å². The number of nitrogens with zero attached hydrogens (tertiary/aromatic N) is 2. The van der Waals surface area contributed by atoms with Crippen LogP contribution in [0.5, 0.6) is 0 Å². The second-order valence-corrected chi connectivity index (χ2v) is 12.5. The van der Waals surface area contributed by atoms with E-state index in [9.17, 15) is 13.8 Å². The Labute approximate surface area is 264 Å². The Morgan fingerprint density at radius 2 is 1.65 bits per heavy atom. The summed E-state index contributed by atoms with van der Waals surface area (Å²) in [6, 6.07) is 15.8. The molecule has 0 bridgehead atoms. The maximum atomic E-state index is 13.4. The van der Waals surface area contributed by atoms with Crippen LogP contribution in [0.25, 0.3) is 11.1 Å². The van der Waals surface area contributed by atoms with Gasteiger partial charge in [0.1, 0.15) is 5.02 Å². The van der Waals surface area contributed by atoms with Gasteiger partial charge in [0.05, 0.1) is 4.90 Å². The minimum absolute atomic E-state index is 0.0913. The van der Waals surface area contributed by atoms with Crippen LogP contribution in [0.2, 0.25) is 5.02 Å². The van der Waals surface area contributed by atoms with Gasteiger partial charge in [-0.15, -0.1) is 0 Å². The number of anilines is 2. The number of hydrogen-bond donors (Lipinski definition) is 2. The molecule has 1 saturated carbocycles. The molecule has 2 unspecified atom stereocenters. The molecule has 236 valence electrons. The zero-order valence-corrected chi connectivity index (χ0v) is 28.2. The van der Waals surface area contributed by atoms with Crippen LogP contribution < -0.4 is 14.9 Å². The van der Waals surface area contributed by atoms with E-state index in [1.807, 2.05) is 81.1 Å². The van der Waals surface area contributed by atoms with Crippen LogP contribution in [-0.4, -0.2) is 33.8 Å². The third-order valence-corrected chi connectivity index (χ3v) is 8.82. The molecule has 0 radical (unpaired) electrons. The molecule has 8 nitrogen and oxygen atoms in total. The van der Waals surface area contributed by atoms with E-state index in [0.29, 0.717) is 28.0 Å². The van der Waals surface area contributed by atoms with Gasteiger partial charge in [0.2, 0.25) is 18.1 Å². The Morgan fingerprint density at radius 3 is 2.14 bits per heavy atom. The van der Waals surface area contributed by atoms with Gasteiger partial charge in [-0.1, -0.05) is 87.6 Å². The smallest absolute Gasteiger partial charge is 0.230 e. The third-order valence-electron chi connectivity index (χ3n) is 7.24. The highest BCUT2D eigenvalue weighted by atomic mass is 35.5. The molecular weight excluding hydrogens is 584 g/mol. The average Bonchev–Trinajstić information content (AvgIpc) is 3.65. The number of rotatable bonds is 10. The minimum Gasteiger partial charge on any atom is -0.358 e. The molecule has 3 aromatic rings. The van der Waals surface area contributed by atoms with E-state index >= 15 is 0 Å².